The fourth-order valence-corrected chi connectivity index (χ4v) is 1.43. The van der Waals surface area contributed by atoms with Gasteiger partial charge in [0.1, 0.15) is 6.10 Å². The molecular weight excluding hydrogens is 190 g/mol. The Labute approximate surface area is 82.3 Å². The molecule has 13 heavy (non-hydrogen) atoms. The van der Waals surface area contributed by atoms with E-state index < -0.39 is 6.10 Å². The lowest BCUT2D eigenvalue weighted by Crippen LogP contribution is -2.21. The molecule has 0 fully saturated rings. The van der Waals surface area contributed by atoms with Crippen LogP contribution in [0.4, 0.5) is 0 Å². The molecule has 5 heteroatoms. The third-order valence-corrected chi connectivity index (χ3v) is 2.42. The van der Waals surface area contributed by atoms with E-state index in [1.165, 1.54) is 6.20 Å². The zero-order valence-corrected chi connectivity index (χ0v) is 8.49. The van der Waals surface area contributed by atoms with Crippen molar-refractivity contribution in [1.82, 2.24) is 9.78 Å². The Hall–Kier alpha value is -0.580. The fraction of sp³-hybridized carbons (Fsp3) is 0.625. The van der Waals surface area contributed by atoms with Crippen LogP contribution in [0.5, 0.6) is 0 Å². The summed E-state index contributed by atoms with van der Waals surface area (Å²) >= 11 is 5.86. The van der Waals surface area contributed by atoms with Gasteiger partial charge in [0.2, 0.25) is 0 Å². The molecular formula is C8H14ClN3O. The SMILES string of the molecule is CC(CN)C(O)c1c(Cl)cnn1C. The van der Waals surface area contributed by atoms with Gasteiger partial charge in [0.05, 0.1) is 16.9 Å². The first-order chi connectivity index (χ1) is 6.07. The van der Waals surface area contributed by atoms with Crippen LogP contribution in [-0.2, 0) is 7.05 Å². The summed E-state index contributed by atoms with van der Waals surface area (Å²) in [6, 6.07) is 0. The average Bonchev–Trinajstić information content (AvgIpc) is 2.44. The van der Waals surface area contributed by atoms with Gasteiger partial charge in [0.15, 0.2) is 0 Å². The molecule has 1 aromatic rings. The van der Waals surface area contributed by atoms with Gasteiger partial charge in [0, 0.05) is 13.0 Å². The van der Waals surface area contributed by atoms with Gasteiger partial charge in [-0.1, -0.05) is 18.5 Å². The lowest BCUT2D eigenvalue weighted by Gasteiger charge is -2.17. The van der Waals surface area contributed by atoms with E-state index in [1.54, 1.807) is 11.7 Å². The van der Waals surface area contributed by atoms with Gasteiger partial charge in [-0.2, -0.15) is 5.10 Å². The highest BCUT2D eigenvalue weighted by Gasteiger charge is 2.21. The number of nitrogens with two attached hydrogens (primary N) is 1. The Balaban J connectivity index is 2.93. The van der Waals surface area contributed by atoms with Crippen molar-refractivity contribution >= 4 is 11.6 Å². The molecule has 1 rings (SSSR count). The molecule has 1 heterocycles. The molecule has 0 radical (unpaired) electrons. The third kappa shape index (κ3) is 2.02. The van der Waals surface area contributed by atoms with E-state index in [1.807, 2.05) is 6.92 Å². The molecule has 0 aliphatic heterocycles. The summed E-state index contributed by atoms with van der Waals surface area (Å²) in [5.41, 5.74) is 6.07. The Bertz CT molecular complexity index is 267. The van der Waals surface area contributed by atoms with Crippen LogP contribution in [0.2, 0.25) is 5.02 Å². The lowest BCUT2D eigenvalue weighted by atomic mass is 10.0. The molecule has 0 spiro atoms. The van der Waals surface area contributed by atoms with Gasteiger partial charge in [-0.3, -0.25) is 4.68 Å². The Morgan fingerprint density at radius 3 is 2.77 bits per heavy atom. The van der Waals surface area contributed by atoms with Gasteiger partial charge in [0.25, 0.3) is 0 Å². The van der Waals surface area contributed by atoms with Gasteiger partial charge in [-0.25, -0.2) is 0 Å². The summed E-state index contributed by atoms with van der Waals surface area (Å²) < 4.78 is 1.57. The molecule has 0 aliphatic rings. The summed E-state index contributed by atoms with van der Waals surface area (Å²) in [7, 11) is 1.74. The van der Waals surface area contributed by atoms with Crippen molar-refractivity contribution < 1.29 is 5.11 Å². The molecule has 74 valence electrons. The number of hydrogen-bond acceptors (Lipinski definition) is 3. The summed E-state index contributed by atoms with van der Waals surface area (Å²) in [6.07, 6.45) is 0.869. The molecule has 0 saturated carbocycles. The van der Waals surface area contributed by atoms with Gasteiger partial charge < -0.3 is 10.8 Å². The second kappa shape index (κ2) is 4.09. The molecule has 0 aromatic carbocycles. The van der Waals surface area contributed by atoms with Crippen LogP contribution in [0.3, 0.4) is 0 Å². The van der Waals surface area contributed by atoms with Crippen molar-refractivity contribution in [2.24, 2.45) is 18.7 Å². The van der Waals surface area contributed by atoms with Gasteiger partial charge >= 0.3 is 0 Å². The third-order valence-electron chi connectivity index (χ3n) is 2.13. The first kappa shape index (κ1) is 10.5. The largest absolute Gasteiger partial charge is 0.386 e. The predicted octanol–water partition coefficient (Wildman–Crippen LogP) is 0.702. The summed E-state index contributed by atoms with van der Waals surface area (Å²) in [4.78, 5) is 0. The standard InChI is InChI=1S/C8H14ClN3O/c1-5(3-10)8(13)7-6(9)4-11-12(7)2/h4-5,8,13H,3,10H2,1-2H3. The first-order valence-electron chi connectivity index (χ1n) is 4.13. The summed E-state index contributed by atoms with van der Waals surface area (Å²) in [5, 5.41) is 14.2. The Kier molecular flexibility index (Phi) is 3.30. The predicted molar refractivity (Wildman–Crippen MR) is 51.4 cm³/mol. The zero-order valence-electron chi connectivity index (χ0n) is 7.74. The first-order valence-corrected chi connectivity index (χ1v) is 4.51. The van der Waals surface area contributed by atoms with Crippen molar-refractivity contribution in [1.29, 1.82) is 0 Å². The molecule has 0 amide bonds. The zero-order chi connectivity index (χ0) is 10.0. The maximum absolute atomic E-state index is 9.81. The van der Waals surface area contributed by atoms with Crippen molar-refractivity contribution in [3.8, 4) is 0 Å². The number of halogens is 1. The van der Waals surface area contributed by atoms with E-state index in [2.05, 4.69) is 5.10 Å². The van der Waals surface area contributed by atoms with Crippen LogP contribution in [0, 0.1) is 5.92 Å². The number of rotatable bonds is 3. The quantitative estimate of drug-likeness (QED) is 0.760. The molecule has 3 N–H and O–H groups in total. The summed E-state index contributed by atoms with van der Waals surface area (Å²) in [5.74, 6) is -0.0205. The van der Waals surface area contributed by atoms with Gasteiger partial charge in [-0.15, -0.1) is 0 Å². The topological polar surface area (TPSA) is 64.1 Å². The van der Waals surface area contributed by atoms with E-state index in [0.29, 0.717) is 17.3 Å². The molecule has 2 atom stereocenters. The lowest BCUT2D eigenvalue weighted by molar-refractivity contribution is 0.113. The minimum Gasteiger partial charge on any atom is -0.386 e. The van der Waals surface area contributed by atoms with Crippen LogP contribution in [0.1, 0.15) is 18.7 Å². The van der Waals surface area contributed by atoms with Crippen molar-refractivity contribution in [2.45, 2.75) is 13.0 Å². The molecule has 1 aromatic heterocycles. The van der Waals surface area contributed by atoms with E-state index >= 15 is 0 Å². The van der Waals surface area contributed by atoms with Crippen LogP contribution >= 0.6 is 11.6 Å². The second-order valence-electron chi connectivity index (χ2n) is 3.16. The fourth-order valence-electron chi connectivity index (χ4n) is 1.15. The minimum atomic E-state index is -0.648. The number of aryl methyl sites for hydroxylation is 1. The molecule has 2 unspecified atom stereocenters. The Morgan fingerprint density at radius 2 is 2.38 bits per heavy atom. The van der Waals surface area contributed by atoms with E-state index in [-0.39, 0.29) is 5.92 Å². The van der Waals surface area contributed by atoms with Crippen molar-refractivity contribution in [3.05, 3.63) is 16.9 Å². The van der Waals surface area contributed by atoms with Crippen LogP contribution < -0.4 is 5.73 Å². The van der Waals surface area contributed by atoms with Crippen LogP contribution in [0.25, 0.3) is 0 Å². The Morgan fingerprint density at radius 1 is 1.77 bits per heavy atom. The van der Waals surface area contributed by atoms with Crippen molar-refractivity contribution in [3.63, 3.8) is 0 Å². The monoisotopic (exact) mass is 203 g/mol. The molecule has 4 nitrogen and oxygen atoms in total. The molecule has 0 saturated heterocycles. The highest BCUT2D eigenvalue weighted by Crippen LogP contribution is 2.26. The maximum Gasteiger partial charge on any atom is 0.101 e. The minimum absolute atomic E-state index is 0.0205. The number of nitrogens with zero attached hydrogens (tertiary/aromatic N) is 2. The number of aliphatic hydroxyl groups excluding tert-OH is 1. The average molecular weight is 204 g/mol. The second-order valence-corrected chi connectivity index (χ2v) is 3.57. The smallest absolute Gasteiger partial charge is 0.101 e. The number of aromatic nitrogens is 2. The maximum atomic E-state index is 9.81. The van der Waals surface area contributed by atoms with E-state index in [0.717, 1.165) is 0 Å². The van der Waals surface area contributed by atoms with E-state index in [4.69, 9.17) is 17.3 Å². The van der Waals surface area contributed by atoms with Crippen LogP contribution in [-0.4, -0.2) is 21.4 Å². The molecule has 0 aliphatic carbocycles. The summed E-state index contributed by atoms with van der Waals surface area (Å²) in [6.45, 7) is 2.29. The normalized spacial score (nSPS) is 15.8. The van der Waals surface area contributed by atoms with Gasteiger partial charge in [-0.05, 0) is 6.54 Å². The number of hydrogen-bond donors (Lipinski definition) is 2. The molecule has 0 bridgehead atoms. The highest BCUT2D eigenvalue weighted by atomic mass is 35.5. The van der Waals surface area contributed by atoms with Crippen LogP contribution in [0.15, 0.2) is 6.20 Å². The van der Waals surface area contributed by atoms with Crippen molar-refractivity contribution in [2.75, 3.05) is 6.54 Å². The van der Waals surface area contributed by atoms with E-state index in [9.17, 15) is 5.11 Å². The highest BCUT2D eigenvalue weighted by molar-refractivity contribution is 6.31. The number of aliphatic hydroxyl groups is 1.